The number of rotatable bonds is 3. The van der Waals surface area contributed by atoms with Crippen LogP contribution in [0.5, 0.6) is 0 Å². The molecule has 1 aromatic rings. The van der Waals surface area contributed by atoms with Crippen LogP contribution >= 0.6 is 0 Å². The van der Waals surface area contributed by atoms with E-state index in [9.17, 15) is 13.2 Å². The van der Waals surface area contributed by atoms with Gasteiger partial charge in [-0.1, -0.05) is 26.0 Å². The van der Waals surface area contributed by atoms with Crippen LogP contribution in [0.25, 0.3) is 0 Å². The number of Topliss-reactive ketones (excluding diaryl/α,β-unsaturated/α-hetero) is 1. The monoisotopic (exact) mass is 280 g/mol. The molecule has 4 heteroatoms. The highest BCUT2D eigenvalue weighted by molar-refractivity contribution is 7.92. The summed E-state index contributed by atoms with van der Waals surface area (Å²) in [6, 6.07) is 7.07. The predicted molar refractivity (Wildman–Crippen MR) is 75.0 cm³/mol. The van der Waals surface area contributed by atoms with E-state index in [0.29, 0.717) is 30.1 Å². The molecule has 1 fully saturated rings. The van der Waals surface area contributed by atoms with Gasteiger partial charge in [0.25, 0.3) is 0 Å². The molecule has 1 aliphatic rings. The van der Waals surface area contributed by atoms with Crippen molar-refractivity contribution in [2.45, 2.75) is 55.6 Å². The van der Waals surface area contributed by atoms with E-state index >= 15 is 0 Å². The summed E-state index contributed by atoms with van der Waals surface area (Å²) in [5.74, 6) is 0.451. The second-order valence-corrected chi connectivity index (χ2v) is 7.75. The Morgan fingerprint density at radius 1 is 1.16 bits per heavy atom. The minimum atomic E-state index is -3.36. The Hall–Kier alpha value is -1.16. The van der Waals surface area contributed by atoms with E-state index in [1.807, 2.05) is 12.1 Å². The van der Waals surface area contributed by atoms with Gasteiger partial charge < -0.3 is 0 Å². The van der Waals surface area contributed by atoms with Gasteiger partial charge >= 0.3 is 0 Å². The van der Waals surface area contributed by atoms with E-state index in [1.54, 1.807) is 12.1 Å². The molecule has 0 heterocycles. The maximum absolute atomic E-state index is 12.5. The molecule has 1 atom stereocenters. The van der Waals surface area contributed by atoms with Gasteiger partial charge in [-0.3, -0.25) is 4.79 Å². The van der Waals surface area contributed by atoms with Crippen molar-refractivity contribution in [2.24, 2.45) is 0 Å². The average Bonchev–Trinajstić information content (AvgIpc) is 2.39. The largest absolute Gasteiger partial charge is 0.300 e. The topological polar surface area (TPSA) is 51.2 Å². The summed E-state index contributed by atoms with van der Waals surface area (Å²) < 4.78 is 24.9. The SMILES string of the molecule is CC(C)c1ccc(S(=O)(=O)C2CCCC(=O)C2)cc1. The van der Waals surface area contributed by atoms with Gasteiger partial charge in [0.2, 0.25) is 0 Å². The Kier molecular flexibility index (Phi) is 4.09. The normalized spacial score (nSPS) is 20.8. The molecule has 1 aliphatic carbocycles. The molecule has 0 N–H and O–H groups in total. The van der Waals surface area contributed by atoms with Gasteiger partial charge in [-0.05, 0) is 36.5 Å². The maximum Gasteiger partial charge on any atom is 0.181 e. The Morgan fingerprint density at radius 3 is 2.32 bits per heavy atom. The van der Waals surface area contributed by atoms with E-state index in [4.69, 9.17) is 0 Å². The van der Waals surface area contributed by atoms with Crippen LogP contribution in [0.1, 0.15) is 51.0 Å². The first-order chi connectivity index (χ1) is 8.91. The van der Waals surface area contributed by atoms with Crippen LogP contribution in [-0.2, 0) is 14.6 Å². The Bertz CT molecular complexity index is 556. The summed E-state index contributed by atoms with van der Waals surface area (Å²) in [6.45, 7) is 4.15. The van der Waals surface area contributed by atoms with Crippen molar-refractivity contribution >= 4 is 15.6 Å². The number of carbonyl (C=O) groups excluding carboxylic acids is 1. The smallest absolute Gasteiger partial charge is 0.181 e. The summed E-state index contributed by atoms with van der Waals surface area (Å²) in [6.07, 6.45) is 1.99. The van der Waals surface area contributed by atoms with Gasteiger partial charge in [-0.15, -0.1) is 0 Å². The standard InChI is InChI=1S/C15H20O3S/c1-11(2)12-6-8-14(9-7-12)19(17,18)15-5-3-4-13(16)10-15/h6-9,11,15H,3-5,10H2,1-2H3. The minimum Gasteiger partial charge on any atom is -0.300 e. The van der Waals surface area contributed by atoms with Crippen molar-refractivity contribution in [3.8, 4) is 0 Å². The molecule has 1 unspecified atom stereocenters. The first kappa shape index (κ1) is 14.3. The molecule has 0 spiro atoms. The predicted octanol–water partition coefficient (Wildman–Crippen LogP) is 3.10. The van der Waals surface area contributed by atoms with E-state index in [0.717, 1.165) is 5.56 Å². The highest BCUT2D eigenvalue weighted by atomic mass is 32.2. The van der Waals surface area contributed by atoms with Crippen LogP contribution in [0.3, 0.4) is 0 Å². The van der Waals surface area contributed by atoms with Gasteiger partial charge in [0.15, 0.2) is 9.84 Å². The van der Waals surface area contributed by atoms with Crippen LogP contribution in [0, 0.1) is 0 Å². The molecule has 19 heavy (non-hydrogen) atoms. The molecule has 0 aromatic heterocycles. The van der Waals surface area contributed by atoms with Gasteiger partial charge in [-0.25, -0.2) is 8.42 Å². The molecule has 0 radical (unpaired) electrons. The lowest BCUT2D eigenvalue weighted by molar-refractivity contribution is -0.120. The van der Waals surface area contributed by atoms with Crippen LogP contribution in [0.2, 0.25) is 0 Å². The molecule has 1 aromatic carbocycles. The fraction of sp³-hybridized carbons (Fsp3) is 0.533. The average molecular weight is 280 g/mol. The second-order valence-electron chi connectivity index (χ2n) is 5.53. The molecule has 2 rings (SSSR count). The number of benzene rings is 1. The fourth-order valence-corrected chi connectivity index (χ4v) is 4.27. The molecule has 0 bridgehead atoms. The van der Waals surface area contributed by atoms with E-state index < -0.39 is 15.1 Å². The van der Waals surface area contributed by atoms with E-state index in [-0.39, 0.29) is 12.2 Å². The van der Waals surface area contributed by atoms with Gasteiger partial charge in [0.1, 0.15) is 5.78 Å². The third-order valence-electron chi connectivity index (χ3n) is 3.75. The fourth-order valence-electron chi connectivity index (χ4n) is 2.48. The summed E-state index contributed by atoms with van der Waals surface area (Å²) in [4.78, 5) is 11.8. The van der Waals surface area contributed by atoms with E-state index in [1.165, 1.54) is 0 Å². The highest BCUT2D eigenvalue weighted by Gasteiger charge is 2.32. The molecule has 3 nitrogen and oxygen atoms in total. The van der Waals surface area contributed by atoms with Crippen molar-refractivity contribution < 1.29 is 13.2 Å². The molecule has 1 saturated carbocycles. The number of carbonyl (C=O) groups is 1. The lowest BCUT2D eigenvalue weighted by Crippen LogP contribution is -2.28. The summed E-state index contributed by atoms with van der Waals surface area (Å²) in [5, 5.41) is -0.529. The Labute approximate surface area is 114 Å². The number of hydrogen-bond donors (Lipinski definition) is 0. The van der Waals surface area contributed by atoms with Gasteiger partial charge in [0, 0.05) is 12.8 Å². The van der Waals surface area contributed by atoms with Crippen LogP contribution in [0.15, 0.2) is 29.2 Å². The van der Waals surface area contributed by atoms with Crippen molar-refractivity contribution in [2.75, 3.05) is 0 Å². The number of hydrogen-bond acceptors (Lipinski definition) is 3. The molecule has 0 aliphatic heterocycles. The van der Waals surface area contributed by atoms with Gasteiger partial charge in [-0.2, -0.15) is 0 Å². The Morgan fingerprint density at radius 2 is 1.79 bits per heavy atom. The summed E-state index contributed by atoms with van der Waals surface area (Å²) >= 11 is 0. The Balaban J connectivity index is 2.26. The number of ketones is 1. The van der Waals surface area contributed by atoms with Gasteiger partial charge in [0.05, 0.1) is 10.1 Å². The lowest BCUT2D eigenvalue weighted by atomic mass is 9.99. The molecule has 104 valence electrons. The molecule has 0 saturated heterocycles. The van der Waals surface area contributed by atoms with E-state index in [2.05, 4.69) is 13.8 Å². The highest BCUT2D eigenvalue weighted by Crippen LogP contribution is 2.27. The molecular formula is C15H20O3S. The quantitative estimate of drug-likeness (QED) is 0.855. The zero-order valence-corrected chi connectivity index (χ0v) is 12.2. The second kappa shape index (κ2) is 5.45. The van der Waals surface area contributed by atoms with Crippen LogP contribution in [0.4, 0.5) is 0 Å². The van der Waals surface area contributed by atoms with Crippen LogP contribution < -0.4 is 0 Å². The zero-order valence-electron chi connectivity index (χ0n) is 11.4. The van der Waals surface area contributed by atoms with Crippen LogP contribution in [-0.4, -0.2) is 19.5 Å². The van der Waals surface area contributed by atoms with Crippen molar-refractivity contribution in [1.29, 1.82) is 0 Å². The van der Waals surface area contributed by atoms with Crippen molar-refractivity contribution in [1.82, 2.24) is 0 Å². The zero-order chi connectivity index (χ0) is 14.0. The summed E-state index contributed by atoms with van der Waals surface area (Å²) in [5.41, 5.74) is 1.12. The summed E-state index contributed by atoms with van der Waals surface area (Å²) in [7, 11) is -3.36. The first-order valence-corrected chi connectivity index (χ1v) is 8.31. The molecular weight excluding hydrogens is 260 g/mol. The van der Waals surface area contributed by atoms with Crippen molar-refractivity contribution in [3.63, 3.8) is 0 Å². The minimum absolute atomic E-state index is 0.0682. The molecule has 0 amide bonds. The van der Waals surface area contributed by atoms with Crippen molar-refractivity contribution in [3.05, 3.63) is 29.8 Å². The third kappa shape index (κ3) is 3.06. The lowest BCUT2D eigenvalue weighted by Gasteiger charge is -2.21. The first-order valence-electron chi connectivity index (χ1n) is 6.77. The number of sulfone groups is 1. The maximum atomic E-state index is 12.5. The third-order valence-corrected chi connectivity index (χ3v) is 5.96.